The van der Waals surface area contributed by atoms with Crippen LogP contribution in [0, 0.1) is 5.92 Å². The van der Waals surface area contributed by atoms with Gasteiger partial charge in [-0.05, 0) is 66.3 Å². The first kappa shape index (κ1) is 13.8. The Labute approximate surface area is 126 Å². The molecule has 5 heteroatoms. The van der Waals surface area contributed by atoms with E-state index < -0.39 is 0 Å². The number of carbonyl (C=O) groups excluding carboxylic acids is 2. The number of hydrogen-bond donors (Lipinski definition) is 1. The second kappa shape index (κ2) is 5.66. The van der Waals surface area contributed by atoms with Gasteiger partial charge in [0.05, 0.1) is 11.1 Å². The molecule has 0 bridgehead atoms. The number of hydrogen-bond acceptors (Lipinski definition) is 3. The number of piperidine rings is 1. The molecule has 2 amide bonds. The highest BCUT2D eigenvalue weighted by molar-refractivity contribution is 9.10. The lowest BCUT2D eigenvalue weighted by molar-refractivity contribution is 0.0643. The van der Waals surface area contributed by atoms with E-state index in [-0.39, 0.29) is 11.8 Å². The van der Waals surface area contributed by atoms with Gasteiger partial charge in [0, 0.05) is 11.0 Å². The van der Waals surface area contributed by atoms with Gasteiger partial charge in [0.25, 0.3) is 11.8 Å². The Kier molecular flexibility index (Phi) is 3.89. The highest BCUT2D eigenvalue weighted by atomic mass is 79.9. The van der Waals surface area contributed by atoms with Crippen LogP contribution < -0.4 is 5.32 Å². The van der Waals surface area contributed by atoms with Crippen LogP contribution in [-0.2, 0) is 0 Å². The molecule has 3 rings (SSSR count). The monoisotopic (exact) mass is 336 g/mol. The van der Waals surface area contributed by atoms with E-state index in [9.17, 15) is 9.59 Å². The number of benzene rings is 1. The molecule has 1 N–H and O–H groups in total. The van der Waals surface area contributed by atoms with Crippen molar-refractivity contribution in [2.75, 3.05) is 19.6 Å². The molecular formula is C15H17BrN2O2. The second-order valence-electron chi connectivity index (χ2n) is 5.43. The predicted molar refractivity (Wildman–Crippen MR) is 79.7 cm³/mol. The molecule has 1 unspecified atom stereocenters. The first-order valence-corrected chi connectivity index (χ1v) is 7.83. The van der Waals surface area contributed by atoms with E-state index in [0.29, 0.717) is 28.1 Å². The van der Waals surface area contributed by atoms with Crippen LogP contribution in [0.2, 0.25) is 0 Å². The van der Waals surface area contributed by atoms with Gasteiger partial charge in [-0.1, -0.05) is 6.07 Å². The van der Waals surface area contributed by atoms with Crippen molar-refractivity contribution >= 4 is 27.7 Å². The summed E-state index contributed by atoms with van der Waals surface area (Å²) in [4.78, 5) is 26.1. The third-order valence-electron chi connectivity index (χ3n) is 4.11. The summed E-state index contributed by atoms with van der Waals surface area (Å²) in [5.74, 6) is 0.243. The number of amides is 2. The van der Waals surface area contributed by atoms with Crippen LogP contribution in [-0.4, -0.2) is 36.3 Å². The number of halogens is 1. The molecule has 106 valence electrons. The SMILES string of the molecule is O=C1c2cccc(Br)c2C(=O)N1CCC1CCCNC1. The molecule has 2 heterocycles. The summed E-state index contributed by atoms with van der Waals surface area (Å²) in [5.41, 5.74) is 1.03. The van der Waals surface area contributed by atoms with Gasteiger partial charge in [-0.25, -0.2) is 0 Å². The van der Waals surface area contributed by atoms with Crippen molar-refractivity contribution in [3.05, 3.63) is 33.8 Å². The highest BCUT2D eigenvalue weighted by Gasteiger charge is 2.36. The molecule has 0 saturated carbocycles. The van der Waals surface area contributed by atoms with Gasteiger partial charge < -0.3 is 5.32 Å². The fourth-order valence-corrected chi connectivity index (χ4v) is 3.51. The van der Waals surface area contributed by atoms with Gasteiger partial charge in [-0.3, -0.25) is 14.5 Å². The van der Waals surface area contributed by atoms with Gasteiger partial charge in [0.15, 0.2) is 0 Å². The van der Waals surface area contributed by atoms with E-state index in [2.05, 4.69) is 21.2 Å². The predicted octanol–water partition coefficient (Wildman–Crippen LogP) is 2.43. The normalized spacial score (nSPS) is 22.2. The first-order valence-electron chi connectivity index (χ1n) is 7.04. The summed E-state index contributed by atoms with van der Waals surface area (Å²) in [5, 5.41) is 3.36. The quantitative estimate of drug-likeness (QED) is 0.862. The first-order chi connectivity index (χ1) is 9.68. The Bertz CT molecular complexity index is 553. The van der Waals surface area contributed by atoms with Crippen LogP contribution in [0.25, 0.3) is 0 Å². The summed E-state index contributed by atoms with van der Waals surface area (Å²) in [6.07, 6.45) is 3.24. The molecule has 1 fully saturated rings. The Morgan fingerprint density at radius 3 is 2.85 bits per heavy atom. The maximum atomic E-state index is 12.4. The van der Waals surface area contributed by atoms with Crippen molar-refractivity contribution in [2.24, 2.45) is 5.92 Å². The summed E-state index contributed by atoms with van der Waals surface area (Å²) in [7, 11) is 0. The molecule has 2 aliphatic heterocycles. The van der Waals surface area contributed by atoms with Crippen LogP contribution in [0.15, 0.2) is 22.7 Å². The van der Waals surface area contributed by atoms with E-state index in [1.807, 2.05) is 0 Å². The van der Waals surface area contributed by atoms with E-state index in [1.165, 1.54) is 17.7 Å². The number of imide groups is 1. The maximum Gasteiger partial charge on any atom is 0.262 e. The smallest absolute Gasteiger partial charge is 0.262 e. The van der Waals surface area contributed by atoms with Crippen molar-refractivity contribution in [3.63, 3.8) is 0 Å². The third-order valence-corrected chi connectivity index (χ3v) is 4.77. The van der Waals surface area contributed by atoms with E-state index in [0.717, 1.165) is 19.5 Å². The van der Waals surface area contributed by atoms with Crippen LogP contribution in [0.4, 0.5) is 0 Å². The van der Waals surface area contributed by atoms with Crippen molar-refractivity contribution < 1.29 is 9.59 Å². The maximum absolute atomic E-state index is 12.4. The number of carbonyl (C=O) groups is 2. The van der Waals surface area contributed by atoms with Gasteiger partial charge in [0.1, 0.15) is 0 Å². The minimum atomic E-state index is -0.166. The molecular weight excluding hydrogens is 320 g/mol. The van der Waals surface area contributed by atoms with Crippen LogP contribution >= 0.6 is 15.9 Å². The molecule has 1 saturated heterocycles. The Balaban J connectivity index is 1.71. The Morgan fingerprint density at radius 2 is 2.15 bits per heavy atom. The summed E-state index contributed by atoms with van der Waals surface area (Å²) >= 11 is 3.36. The second-order valence-corrected chi connectivity index (χ2v) is 6.28. The van der Waals surface area contributed by atoms with Crippen molar-refractivity contribution in [2.45, 2.75) is 19.3 Å². The molecule has 0 radical (unpaired) electrons. The largest absolute Gasteiger partial charge is 0.316 e. The number of nitrogens with one attached hydrogen (secondary N) is 1. The van der Waals surface area contributed by atoms with Crippen molar-refractivity contribution in [3.8, 4) is 0 Å². The fraction of sp³-hybridized carbons (Fsp3) is 0.467. The van der Waals surface area contributed by atoms with Crippen LogP contribution in [0.5, 0.6) is 0 Å². The van der Waals surface area contributed by atoms with Crippen molar-refractivity contribution in [1.29, 1.82) is 0 Å². The zero-order chi connectivity index (χ0) is 14.1. The minimum Gasteiger partial charge on any atom is -0.316 e. The zero-order valence-electron chi connectivity index (χ0n) is 11.2. The minimum absolute atomic E-state index is 0.157. The number of rotatable bonds is 3. The lowest BCUT2D eigenvalue weighted by Crippen LogP contribution is -2.35. The lowest BCUT2D eigenvalue weighted by Gasteiger charge is -2.24. The summed E-state index contributed by atoms with van der Waals surface area (Å²) in [6.45, 7) is 2.59. The van der Waals surface area contributed by atoms with E-state index in [1.54, 1.807) is 18.2 Å². The Morgan fingerprint density at radius 1 is 1.30 bits per heavy atom. The van der Waals surface area contributed by atoms with Gasteiger partial charge in [0.2, 0.25) is 0 Å². The van der Waals surface area contributed by atoms with Gasteiger partial charge in [-0.2, -0.15) is 0 Å². The average Bonchev–Trinajstić information content (AvgIpc) is 2.71. The molecule has 4 nitrogen and oxygen atoms in total. The topological polar surface area (TPSA) is 49.4 Å². The van der Waals surface area contributed by atoms with Gasteiger partial charge in [-0.15, -0.1) is 0 Å². The highest BCUT2D eigenvalue weighted by Crippen LogP contribution is 2.30. The van der Waals surface area contributed by atoms with Crippen LogP contribution in [0.1, 0.15) is 40.0 Å². The average molecular weight is 337 g/mol. The zero-order valence-corrected chi connectivity index (χ0v) is 12.8. The van der Waals surface area contributed by atoms with Crippen molar-refractivity contribution in [1.82, 2.24) is 10.2 Å². The number of fused-ring (bicyclic) bond motifs is 1. The molecule has 0 aromatic heterocycles. The third kappa shape index (κ3) is 2.40. The van der Waals surface area contributed by atoms with Crippen LogP contribution in [0.3, 0.4) is 0 Å². The summed E-state index contributed by atoms with van der Waals surface area (Å²) < 4.78 is 0.704. The molecule has 2 aliphatic rings. The Hall–Kier alpha value is -1.20. The molecule has 1 aromatic carbocycles. The fourth-order valence-electron chi connectivity index (χ4n) is 2.98. The lowest BCUT2D eigenvalue weighted by atomic mass is 9.96. The number of nitrogens with zero attached hydrogens (tertiary/aromatic N) is 1. The standard InChI is InChI=1S/C15H17BrN2O2/c16-12-5-1-4-11-13(12)15(20)18(14(11)19)8-6-10-3-2-7-17-9-10/h1,4-5,10,17H,2-3,6-9H2. The molecule has 1 aromatic rings. The van der Waals surface area contributed by atoms with Gasteiger partial charge >= 0.3 is 0 Å². The molecule has 20 heavy (non-hydrogen) atoms. The van der Waals surface area contributed by atoms with E-state index in [4.69, 9.17) is 0 Å². The molecule has 1 atom stereocenters. The van der Waals surface area contributed by atoms with E-state index >= 15 is 0 Å². The molecule has 0 spiro atoms. The molecule has 0 aliphatic carbocycles. The summed E-state index contributed by atoms with van der Waals surface area (Å²) in [6, 6.07) is 5.32.